The van der Waals surface area contributed by atoms with Gasteiger partial charge in [-0.05, 0) is 12.7 Å². The van der Waals surface area contributed by atoms with Gasteiger partial charge in [-0.3, -0.25) is 14.4 Å². The first kappa shape index (κ1) is 14.7. The molecule has 114 valence electrons. The number of hydrogen-bond acceptors (Lipinski definition) is 8. The van der Waals surface area contributed by atoms with Crippen LogP contribution in [0.2, 0.25) is 0 Å². The van der Waals surface area contributed by atoms with Gasteiger partial charge in [-0.15, -0.1) is 0 Å². The van der Waals surface area contributed by atoms with E-state index < -0.39 is 48.9 Å². The first-order valence-electron chi connectivity index (χ1n) is 6.51. The van der Waals surface area contributed by atoms with E-state index in [1.165, 1.54) is 0 Å². The number of carbonyl (C=O) groups is 3. The lowest BCUT2D eigenvalue weighted by Gasteiger charge is -2.42. The molecule has 0 aromatic rings. The fraction of sp³-hybridized carbons (Fsp3) is 0.750. The number of hydrogen-bond donors (Lipinski definition) is 0. The van der Waals surface area contributed by atoms with E-state index in [2.05, 4.69) is 0 Å². The number of ether oxygens (including phenoxy) is 4. The quantitative estimate of drug-likeness (QED) is 0.473. The molecule has 0 unspecified atom stereocenters. The van der Waals surface area contributed by atoms with Crippen LogP contribution in [0.3, 0.4) is 0 Å². The maximum Gasteiger partial charge on any atom is 0.303 e. The molecule has 0 bridgehead atoms. The molecule has 0 N–H and O–H groups in total. The van der Waals surface area contributed by atoms with Crippen molar-refractivity contribution in [1.82, 2.24) is 0 Å². The third-order valence-corrected chi connectivity index (χ3v) is 2.40. The molecule has 0 amide bonds. The minimum Gasteiger partial charge on any atom is -0.831 e. The molecule has 1 saturated heterocycles. The second-order valence-electron chi connectivity index (χ2n) is 4.19. The second kappa shape index (κ2) is 7.20. The molecule has 1 aliphatic rings. The van der Waals surface area contributed by atoms with Crippen LogP contribution in [0.5, 0.6) is 0 Å². The van der Waals surface area contributed by atoms with Crippen molar-refractivity contribution >= 4 is 17.9 Å². The maximum atomic E-state index is 11.7. The summed E-state index contributed by atoms with van der Waals surface area (Å²) in [7, 11) is 0. The minimum atomic E-state index is -1.82. The van der Waals surface area contributed by atoms with Gasteiger partial charge in [0.15, 0.2) is 6.10 Å². The third kappa shape index (κ3) is 5.14. The van der Waals surface area contributed by atoms with Gasteiger partial charge in [-0.1, -0.05) is 0 Å². The predicted molar refractivity (Wildman–Crippen MR) is 61.0 cm³/mol. The van der Waals surface area contributed by atoms with Crippen molar-refractivity contribution in [1.29, 1.82) is 0 Å². The molecule has 0 radical (unpaired) electrons. The molecular formula is C12H17O8-. The van der Waals surface area contributed by atoms with Crippen LogP contribution in [-0.2, 0) is 33.3 Å². The fourth-order valence-electron chi connectivity index (χ4n) is 1.74. The van der Waals surface area contributed by atoms with Crippen molar-refractivity contribution in [3.63, 3.8) is 0 Å². The van der Waals surface area contributed by atoms with Crippen LogP contribution >= 0.6 is 0 Å². The minimum absolute atomic E-state index is 0.351. The lowest BCUT2D eigenvalue weighted by molar-refractivity contribution is -0.513. The molecule has 0 aliphatic carbocycles. The van der Waals surface area contributed by atoms with E-state index in [1.807, 2.05) is 0 Å². The van der Waals surface area contributed by atoms with Gasteiger partial charge in [0.1, 0.15) is 18.8 Å². The van der Waals surface area contributed by atoms with Crippen LogP contribution in [0.25, 0.3) is 0 Å². The molecule has 0 aromatic carbocycles. The first-order valence-corrected chi connectivity index (χ1v) is 5.93. The van der Waals surface area contributed by atoms with Gasteiger partial charge in [-0.2, -0.15) is 0 Å². The highest BCUT2D eigenvalue weighted by Gasteiger charge is 2.40. The normalized spacial score (nSPS) is 33.8. The summed E-state index contributed by atoms with van der Waals surface area (Å²) in [5, 5.41) is 11.7. The lowest BCUT2D eigenvalue weighted by Crippen LogP contribution is -2.56. The van der Waals surface area contributed by atoms with Crippen molar-refractivity contribution in [2.75, 3.05) is 6.61 Å². The van der Waals surface area contributed by atoms with Gasteiger partial charge in [-0.25, -0.2) is 0 Å². The standard InChI is InChI=1S/C12H17O8/c1-6(13)17-5-10-12(19-8(3)15)9(18-7(2)14)4-11(16)20-10/h9-12H,4-5H2,1-3H3/q-1/t9-,10-,11-,12+/m1/s1/i4D/t4-,9+,10+,11+,12-/m0. The molecule has 0 saturated carbocycles. The Morgan fingerprint density at radius 1 is 1.20 bits per heavy atom. The van der Waals surface area contributed by atoms with Crippen LogP contribution in [0, 0.1) is 0 Å². The van der Waals surface area contributed by atoms with Crippen LogP contribution in [-0.4, -0.2) is 49.1 Å². The van der Waals surface area contributed by atoms with Gasteiger partial charge in [0.25, 0.3) is 0 Å². The number of esters is 3. The first-order chi connectivity index (χ1) is 9.72. The topological polar surface area (TPSA) is 111 Å². The highest BCUT2D eigenvalue weighted by atomic mass is 16.7. The molecular weight excluding hydrogens is 272 g/mol. The van der Waals surface area contributed by atoms with Crippen molar-refractivity contribution in [2.45, 2.75) is 51.8 Å². The Bertz CT molecular complexity index is 412. The summed E-state index contributed by atoms with van der Waals surface area (Å²) in [5.74, 6) is -2.04. The molecule has 1 fully saturated rings. The summed E-state index contributed by atoms with van der Waals surface area (Å²) in [4.78, 5) is 33.1. The van der Waals surface area contributed by atoms with Crippen LogP contribution in [0.4, 0.5) is 0 Å². The number of carbonyl (C=O) groups excluding carboxylic acids is 3. The zero-order chi connectivity index (χ0) is 16.2. The molecule has 1 heterocycles. The summed E-state index contributed by atoms with van der Waals surface area (Å²) in [6.45, 7) is 3.04. The molecule has 5 atom stereocenters. The fourth-order valence-corrected chi connectivity index (χ4v) is 1.74. The summed E-state index contributed by atoms with van der Waals surface area (Å²) in [6.07, 6.45) is -6.87. The summed E-state index contributed by atoms with van der Waals surface area (Å²) in [5.41, 5.74) is 0. The molecule has 0 spiro atoms. The number of rotatable bonds is 4. The predicted octanol–water partition coefficient (Wildman–Crippen LogP) is -1.11. The van der Waals surface area contributed by atoms with Gasteiger partial charge >= 0.3 is 17.9 Å². The van der Waals surface area contributed by atoms with E-state index in [9.17, 15) is 19.5 Å². The summed E-state index contributed by atoms with van der Waals surface area (Å²) < 4.78 is 27.3. The molecule has 1 rings (SSSR count). The molecule has 1 aliphatic heterocycles. The van der Waals surface area contributed by atoms with Crippen LogP contribution in [0.15, 0.2) is 0 Å². The summed E-state index contributed by atoms with van der Waals surface area (Å²) >= 11 is 0. The largest absolute Gasteiger partial charge is 0.831 e. The van der Waals surface area contributed by atoms with Crippen molar-refractivity contribution in [2.24, 2.45) is 0 Å². The second-order valence-corrected chi connectivity index (χ2v) is 4.19. The van der Waals surface area contributed by atoms with E-state index in [-0.39, 0.29) is 6.61 Å². The highest BCUT2D eigenvalue weighted by Crippen LogP contribution is 2.24. The Morgan fingerprint density at radius 3 is 2.30 bits per heavy atom. The van der Waals surface area contributed by atoms with Crippen molar-refractivity contribution < 1.29 is 39.8 Å². The van der Waals surface area contributed by atoms with E-state index >= 15 is 0 Å². The zero-order valence-corrected chi connectivity index (χ0v) is 11.4. The van der Waals surface area contributed by atoms with Gasteiger partial charge in [0.05, 0.1) is 0 Å². The van der Waals surface area contributed by atoms with Gasteiger partial charge in [0, 0.05) is 22.1 Å². The maximum absolute atomic E-state index is 11.7. The Hall–Kier alpha value is -1.67. The van der Waals surface area contributed by atoms with E-state index in [1.54, 1.807) is 0 Å². The average Bonchev–Trinajstić information content (AvgIpc) is 2.35. The van der Waals surface area contributed by atoms with E-state index in [0.717, 1.165) is 20.8 Å². The van der Waals surface area contributed by atoms with E-state index in [0.29, 0.717) is 0 Å². The molecule has 0 aromatic heterocycles. The Labute approximate surface area is 117 Å². The Balaban J connectivity index is 2.94. The molecule has 8 nitrogen and oxygen atoms in total. The summed E-state index contributed by atoms with van der Waals surface area (Å²) in [6, 6.07) is 0. The average molecular weight is 290 g/mol. The van der Waals surface area contributed by atoms with Gasteiger partial charge in [0.2, 0.25) is 0 Å². The zero-order valence-electron chi connectivity index (χ0n) is 12.4. The van der Waals surface area contributed by atoms with Crippen LogP contribution < -0.4 is 5.11 Å². The third-order valence-electron chi connectivity index (χ3n) is 2.40. The SMILES string of the molecule is [2H][C@H]1[C@@H](OC(C)=O)[C@H](OC(C)=O)[C@@H](COC(C)=O)O[C@H]1[O-]. The van der Waals surface area contributed by atoms with Crippen molar-refractivity contribution in [3.8, 4) is 0 Å². The Morgan fingerprint density at radius 2 is 1.80 bits per heavy atom. The molecule has 8 heteroatoms. The van der Waals surface area contributed by atoms with E-state index in [4.69, 9.17) is 20.3 Å². The van der Waals surface area contributed by atoms with Crippen molar-refractivity contribution in [3.05, 3.63) is 0 Å². The smallest absolute Gasteiger partial charge is 0.303 e. The Kier molecular flexibility index (Phi) is 5.31. The molecule has 20 heavy (non-hydrogen) atoms. The van der Waals surface area contributed by atoms with Gasteiger partial charge < -0.3 is 24.1 Å². The monoisotopic (exact) mass is 290 g/mol. The van der Waals surface area contributed by atoms with Crippen LogP contribution in [0.1, 0.15) is 28.5 Å². The highest BCUT2D eigenvalue weighted by molar-refractivity contribution is 5.67. The lowest BCUT2D eigenvalue weighted by atomic mass is 10.0.